The van der Waals surface area contributed by atoms with Gasteiger partial charge in [0.25, 0.3) is 5.91 Å². The molecule has 0 aliphatic heterocycles. The van der Waals surface area contributed by atoms with Gasteiger partial charge in [-0.05, 0) is 35.9 Å². The van der Waals surface area contributed by atoms with Crippen LogP contribution in [0.5, 0.6) is 11.5 Å². The maximum absolute atomic E-state index is 13.3. The van der Waals surface area contributed by atoms with E-state index in [4.69, 9.17) is 9.47 Å². The number of rotatable bonds is 6. The van der Waals surface area contributed by atoms with E-state index in [0.717, 1.165) is 10.3 Å². The standard InChI is InChI=1S/C22H18FN3O3S/c1-28-18-10-17-20(11-19(18)29-2)30-22(25-17)26(13-14-4-3-9-24-12-14)21(27)15-5-7-16(23)8-6-15/h3-12H,13H2,1-2H3. The molecule has 0 aliphatic carbocycles. The van der Waals surface area contributed by atoms with Gasteiger partial charge in [-0.15, -0.1) is 0 Å². The Labute approximate surface area is 176 Å². The van der Waals surface area contributed by atoms with Gasteiger partial charge in [-0.3, -0.25) is 14.7 Å². The van der Waals surface area contributed by atoms with Crippen LogP contribution in [0.15, 0.2) is 60.9 Å². The van der Waals surface area contributed by atoms with Crippen molar-refractivity contribution < 1.29 is 18.7 Å². The Morgan fingerprint density at radius 1 is 1.10 bits per heavy atom. The number of methoxy groups -OCH3 is 2. The van der Waals surface area contributed by atoms with Gasteiger partial charge in [0.1, 0.15) is 5.82 Å². The normalized spacial score (nSPS) is 10.8. The molecule has 8 heteroatoms. The first-order valence-electron chi connectivity index (χ1n) is 9.08. The molecule has 0 spiro atoms. The number of fused-ring (bicyclic) bond motifs is 1. The zero-order chi connectivity index (χ0) is 21.1. The van der Waals surface area contributed by atoms with Crippen LogP contribution in [-0.2, 0) is 6.54 Å². The van der Waals surface area contributed by atoms with Crippen LogP contribution in [-0.4, -0.2) is 30.1 Å². The van der Waals surface area contributed by atoms with Crippen molar-refractivity contribution in [2.45, 2.75) is 6.54 Å². The maximum Gasteiger partial charge on any atom is 0.260 e. The van der Waals surface area contributed by atoms with Crippen LogP contribution in [0.3, 0.4) is 0 Å². The molecule has 0 saturated carbocycles. The van der Waals surface area contributed by atoms with Crippen LogP contribution in [0.2, 0.25) is 0 Å². The molecule has 2 aromatic carbocycles. The lowest BCUT2D eigenvalue weighted by Gasteiger charge is -2.20. The number of aromatic nitrogens is 2. The number of ether oxygens (including phenoxy) is 2. The Morgan fingerprint density at radius 3 is 2.50 bits per heavy atom. The molecular formula is C22H18FN3O3S. The molecule has 0 radical (unpaired) electrons. The lowest BCUT2D eigenvalue weighted by atomic mass is 10.2. The van der Waals surface area contributed by atoms with Crippen LogP contribution in [0.4, 0.5) is 9.52 Å². The Balaban J connectivity index is 1.78. The smallest absolute Gasteiger partial charge is 0.260 e. The van der Waals surface area contributed by atoms with Crippen molar-refractivity contribution in [1.29, 1.82) is 0 Å². The average molecular weight is 423 g/mol. The molecule has 2 heterocycles. The molecule has 1 amide bonds. The van der Waals surface area contributed by atoms with E-state index in [1.165, 1.54) is 35.6 Å². The first-order chi connectivity index (χ1) is 14.6. The summed E-state index contributed by atoms with van der Waals surface area (Å²) in [7, 11) is 3.13. The minimum absolute atomic E-state index is 0.276. The number of hydrogen-bond acceptors (Lipinski definition) is 6. The second kappa shape index (κ2) is 8.46. The number of pyridine rings is 1. The highest BCUT2D eigenvalue weighted by Gasteiger charge is 2.23. The number of halogens is 1. The summed E-state index contributed by atoms with van der Waals surface area (Å²) < 4.78 is 24.9. The molecule has 0 saturated heterocycles. The van der Waals surface area contributed by atoms with Gasteiger partial charge < -0.3 is 9.47 Å². The number of nitrogens with zero attached hydrogens (tertiary/aromatic N) is 3. The quantitative estimate of drug-likeness (QED) is 0.450. The number of amides is 1. The Kier molecular flexibility index (Phi) is 5.58. The van der Waals surface area contributed by atoms with Crippen LogP contribution in [0, 0.1) is 5.82 Å². The van der Waals surface area contributed by atoms with Gasteiger partial charge in [-0.25, -0.2) is 9.37 Å². The molecule has 2 aromatic heterocycles. The third kappa shape index (κ3) is 3.95. The molecule has 6 nitrogen and oxygen atoms in total. The van der Waals surface area contributed by atoms with E-state index in [-0.39, 0.29) is 12.5 Å². The Hall–Kier alpha value is -3.52. The highest BCUT2D eigenvalue weighted by molar-refractivity contribution is 7.22. The van der Waals surface area contributed by atoms with Crippen LogP contribution >= 0.6 is 11.3 Å². The first kappa shape index (κ1) is 19.8. The van der Waals surface area contributed by atoms with Gasteiger partial charge in [-0.1, -0.05) is 17.4 Å². The zero-order valence-corrected chi connectivity index (χ0v) is 17.1. The fraction of sp³-hybridized carbons (Fsp3) is 0.136. The van der Waals surface area contributed by atoms with Crippen LogP contribution < -0.4 is 14.4 Å². The van der Waals surface area contributed by atoms with Gasteiger partial charge in [0.05, 0.1) is 31.0 Å². The molecule has 0 N–H and O–H groups in total. The van der Waals surface area contributed by atoms with E-state index < -0.39 is 5.82 Å². The predicted molar refractivity (Wildman–Crippen MR) is 114 cm³/mol. The summed E-state index contributed by atoms with van der Waals surface area (Å²) in [6.07, 6.45) is 3.37. The second-order valence-corrected chi connectivity index (χ2v) is 7.44. The lowest BCUT2D eigenvalue weighted by Crippen LogP contribution is -2.30. The van der Waals surface area contributed by atoms with Gasteiger partial charge in [0.15, 0.2) is 16.6 Å². The summed E-state index contributed by atoms with van der Waals surface area (Å²) in [6.45, 7) is 0.276. The van der Waals surface area contributed by atoms with Crippen molar-refractivity contribution >= 4 is 32.6 Å². The van der Waals surface area contributed by atoms with Gasteiger partial charge in [-0.2, -0.15) is 0 Å². The number of thiazole rings is 1. The summed E-state index contributed by atoms with van der Waals surface area (Å²) in [5.74, 6) is 0.468. The van der Waals surface area contributed by atoms with E-state index >= 15 is 0 Å². The third-order valence-electron chi connectivity index (χ3n) is 4.51. The van der Waals surface area contributed by atoms with Gasteiger partial charge >= 0.3 is 0 Å². The fourth-order valence-electron chi connectivity index (χ4n) is 3.01. The summed E-state index contributed by atoms with van der Waals surface area (Å²) in [5, 5.41) is 0.512. The third-order valence-corrected chi connectivity index (χ3v) is 5.55. The summed E-state index contributed by atoms with van der Waals surface area (Å²) >= 11 is 1.36. The maximum atomic E-state index is 13.3. The molecule has 30 heavy (non-hydrogen) atoms. The highest BCUT2D eigenvalue weighted by Crippen LogP contribution is 2.38. The van der Waals surface area contributed by atoms with E-state index in [2.05, 4.69) is 9.97 Å². The minimum Gasteiger partial charge on any atom is -0.493 e. The Bertz CT molecular complexity index is 1140. The summed E-state index contributed by atoms with van der Waals surface area (Å²) in [5.41, 5.74) is 1.91. The number of anilines is 1. The van der Waals surface area contributed by atoms with Crippen molar-refractivity contribution in [1.82, 2.24) is 9.97 Å². The molecular weight excluding hydrogens is 405 g/mol. The van der Waals surface area contributed by atoms with Crippen LogP contribution in [0.25, 0.3) is 10.2 Å². The Morgan fingerprint density at radius 2 is 1.83 bits per heavy atom. The van der Waals surface area contributed by atoms with Crippen molar-refractivity contribution in [3.8, 4) is 11.5 Å². The molecule has 0 fully saturated rings. The van der Waals surface area contributed by atoms with Crippen molar-refractivity contribution in [2.24, 2.45) is 0 Å². The van der Waals surface area contributed by atoms with E-state index in [1.54, 1.807) is 37.6 Å². The number of benzene rings is 2. The fourth-order valence-corrected chi connectivity index (χ4v) is 3.98. The van der Waals surface area contributed by atoms with Crippen LogP contribution in [0.1, 0.15) is 15.9 Å². The first-order valence-corrected chi connectivity index (χ1v) is 9.89. The predicted octanol–water partition coefficient (Wildman–Crippen LogP) is 4.69. The van der Waals surface area contributed by atoms with Gasteiger partial charge in [0, 0.05) is 30.1 Å². The van der Waals surface area contributed by atoms with E-state index in [0.29, 0.717) is 27.7 Å². The SMILES string of the molecule is COc1cc2nc(N(Cc3cccnc3)C(=O)c3ccc(F)cc3)sc2cc1OC. The number of carbonyl (C=O) groups excluding carboxylic acids is 1. The number of hydrogen-bond donors (Lipinski definition) is 0. The van der Waals surface area contributed by atoms with Gasteiger partial charge in [0.2, 0.25) is 0 Å². The average Bonchev–Trinajstić information content (AvgIpc) is 3.19. The van der Waals surface area contributed by atoms with Crippen molar-refractivity contribution in [3.63, 3.8) is 0 Å². The molecule has 0 aliphatic rings. The minimum atomic E-state index is -0.399. The van der Waals surface area contributed by atoms with Crippen molar-refractivity contribution in [3.05, 3.63) is 77.9 Å². The number of carbonyl (C=O) groups is 1. The van der Waals surface area contributed by atoms with E-state index in [9.17, 15) is 9.18 Å². The topological polar surface area (TPSA) is 64.5 Å². The largest absolute Gasteiger partial charge is 0.493 e. The summed E-state index contributed by atoms with van der Waals surface area (Å²) in [4.78, 5) is 23.6. The van der Waals surface area contributed by atoms with Crippen molar-refractivity contribution in [2.75, 3.05) is 19.1 Å². The summed E-state index contributed by atoms with van der Waals surface area (Å²) in [6, 6.07) is 12.8. The molecule has 0 atom stereocenters. The molecule has 0 bridgehead atoms. The molecule has 0 unspecified atom stereocenters. The zero-order valence-electron chi connectivity index (χ0n) is 16.3. The lowest BCUT2D eigenvalue weighted by molar-refractivity contribution is 0.0985. The molecule has 4 rings (SSSR count). The second-order valence-electron chi connectivity index (χ2n) is 6.43. The highest BCUT2D eigenvalue weighted by atomic mass is 32.1. The molecule has 152 valence electrons. The molecule has 4 aromatic rings. The monoisotopic (exact) mass is 423 g/mol. The van der Waals surface area contributed by atoms with E-state index in [1.807, 2.05) is 18.2 Å².